The maximum atomic E-state index is 13.1. The molecule has 0 aliphatic carbocycles. The van der Waals surface area contributed by atoms with Gasteiger partial charge in [0, 0.05) is 10.7 Å². The highest BCUT2D eigenvalue weighted by molar-refractivity contribution is 6.30. The predicted molar refractivity (Wildman–Crippen MR) is 77.7 cm³/mol. The van der Waals surface area contributed by atoms with E-state index in [4.69, 9.17) is 11.6 Å². The number of halogens is 4. The molecule has 1 heterocycles. The molecule has 0 saturated heterocycles. The zero-order valence-corrected chi connectivity index (χ0v) is 12.0. The Morgan fingerprint density at radius 3 is 2.62 bits per heavy atom. The molecule has 1 aliphatic rings. The van der Waals surface area contributed by atoms with E-state index in [2.05, 4.69) is 5.32 Å². The summed E-state index contributed by atoms with van der Waals surface area (Å²) in [7, 11) is 0. The lowest BCUT2D eigenvalue weighted by Gasteiger charge is -2.18. The van der Waals surface area contributed by atoms with Crippen LogP contribution in [0.3, 0.4) is 0 Å². The van der Waals surface area contributed by atoms with Crippen molar-refractivity contribution in [3.63, 3.8) is 0 Å². The minimum Gasteiger partial charge on any atom is -0.377 e. The molecule has 0 radical (unpaired) electrons. The van der Waals surface area contributed by atoms with E-state index in [0.717, 1.165) is 22.9 Å². The summed E-state index contributed by atoms with van der Waals surface area (Å²) in [4.78, 5) is 0. The first-order chi connectivity index (χ1) is 9.86. The molecule has 5 heteroatoms. The van der Waals surface area contributed by atoms with Crippen molar-refractivity contribution in [3.8, 4) is 0 Å². The summed E-state index contributed by atoms with van der Waals surface area (Å²) in [6.45, 7) is 1.90. The van der Waals surface area contributed by atoms with E-state index in [1.165, 1.54) is 12.1 Å². The van der Waals surface area contributed by atoms with Crippen LogP contribution in [0, 0.1) is 6.92 Å². The third-order valence-electron chi connectivity index (χ3n) is 3.77. The maximum Gasteiger partial charge on any atom is 0.416 e. The third kappa shape index (κ3) is 2.60. The minimum atomic E-state index is -4.35. The molecule has 1 unspecified atom stereocenters. The van der Waals surface area contributed by atoms with Crippen molar-refractivity contribution in [1.29, 1.82) is 0 Å². The van der Waals surface area contributed by atoms with Crippen LogP contribution in [0.5, 0.6) is 0 Å². The van der Waals surface area contributed by atoms with Gasteiger partial charge in [-0.3, -0.25) is 0 Å². The Balaban J connectivity index is 2.01. The van der Waals surface area contributed by atoms with Crippen LogP contribution in [0.2, 0.25) is 5.02 Å². The lowest BCUT2D eigenvalue weighted by atomic mass is 9.97. The average molecular weight is 312 g/mol. The number of rotatable bonds is 1. The number of nitrogens with one attached hydrogen (secondary N) is 1. The fraction of sp³-hybridized carbons (Fsp3) is 0.250. The molecule has 0 saturated carbocycles. The zero-order chi connectivity index (χ0) is 15.2. The fourth-order valence-electron chi connectivity index (χ4n) is 2.87. The standard InChI is InChI=1S/C16H13ClF3N/c1-9-6-11(17)7-10-8-14(21-15(9)10)12-4-2-3-5-13(12)16(18,19)20/h2-7,14,21H,8H2,1H3. The van der Waals surface area contributed by atoms with E-state index < -0.39 is 11.7 Å². The van der Waals surface area contributed by atoms with Gasteiger partial charge in [0.05, 0.1) is 11.6 Å². The summed E-state index contributed by atoms with van der Waals surface area (Å²) in [6, 6.07) is 8.95. The molecular weight excluding hydrogens is 299 g/mol. The second-order valence-electron chi connectivity index (χ2n) is 5.24. The Morgan fingerprint density at radius 1 is 1.19 bits per heavy atom. The Morgan fingerprint density at radius 2 is 1.90 bits per heavy atom. The third-order valence-corrected chi connectivity index (χ3v) is 3.98. The van der Waals surface area contributed by atoms with E-state index in [1.807, 2.05) is 19.1 Å². The Labute approximate surface area is 125 Å². The molecule has 1 atom stereocenters. The Bertz CT molecular complexity index is 694. The molecule has 0 aromatic heterocycles. The molecule has 1 aliphatic heterocycles. The van der Waals surface area contributed by atoms with Gasteiger partial charge in [-0.2, -0.15) is 13.2 Å². The molecule has 1 nitrogen and oxygen atoms in total. The van der Waals surface area contributed by atoms with Crippen LogP contribution in [-0.4, -0.2) is 0 Å². The summed E-state index contributed by atoms with van der Waals surface area (Å²) >= 11 is 6.02. The SMILES string of the molecule is Cc1cc(Cl)cc2c1NC(c1ccccc1C(F)(F)F)C2. The molecule has 2 aromatic rings. The number of benzene rings is 2. The molecular formula is C16H13ClF3N. The van der Waals surface area contributed by atoms with Gasteiger partial charge < -0.3 is 5.32 Å². The van der Waals surface area contributed by atoms with Crippen LogP contribution in [0.15, 0.2) is 36.4 Å². The van der Waals surface area contributed by atoms with Crippen molar-refractivity contribution < 1.29 is 13.2 Å². The van der Waals surface area contributed by atoms with Crippen LogP contribution < -0.4 is 5.32 Å². The highest BCUT2D eigenvalue weighted by Gasteiger charge is 2.36. The van der Waals surface area contributed by atoms with Crippen molar-refractivity contribution in [2.24, 2.45) is 0 Å². The molecule has 3 rings (SSSR count). The minimum absolute atomic E-state index is 0.275. The first-order valence-electron chi connectivity index (χ1n) is 6.58. The summed E-state index contributed by atoms with van der Waals surface area (Å²) in [5.41, 5.74) is 2.49. The Kier molecular flexibility index (Phi) is 3.36. The van der Waals surface area contributed by atoms with E-state index in [-0.39, 0.29) is 11.6 Å². The number of hydrogen-bond donors (Lipinski definition) is 1. The van der Waals surface area contributed by atoms with Gasteiger partial charge in [-0.15, -0.1) is 0 Å². The highest BCUT2D eigenvalue weighted by Crippen LogP contribution is 2.42. The topological polar surface area (TPSA) is 12.0 Å². The number of hydrogen-bond acceptors (Lipinski definition) is 1. The van der Waals surface area contributed by atoms with Crippen LogP contribution in [0.4, 0.5) is 18.9 Å². The van der Waals surface area contributed by atoms with E-state index in [9.17, 15) is 13.2 Å². The first kappa shape index (κ1) is 14.3. The maximum absolute atomic E-state index is 13.1. The normalized spacial score (nSPS) is 17.5. The summed E-state index contributed by atoms with van der Waals surface area (Å²) in [5.74, 6) is 0. The van der Waals surface area contributed by atoms with E-state index >= 15 is 0 Å². The molecule has 2 aromatic carbocycles. The van der Waals surface area contributed by atoms with Crippen LogP contribution in [-0.2, 0) is 12.6 Å². The molecule has 0 amide bonds. The number of anilines is 1. The van der Waals surface area contributed by atoms with Gasteiger partial charge in [-0.1, -0.05) is 29.8 Å². The van der Waals surface area contributed by atoms with E-state index in [0.29, 0.717) is 11.4 Å². The van der Waals surface area contributed by atoms with Crippen molar-refractivity contribution in [2.75, 3.05) is 5.32 Å². The highest BCUT2D eigenvalue weighted by atomic mass is 35.5. The molecule has 0 fully saturated rings. The summed E-state index contributed by atoms with van der Waals surface area (Å²) in [5, 5.41) is 3.81. The van der Waals surface area contributed by atoms with Gasteiger partial charge in [0.1, 0.15) is 0 Å². The van der Waals surface area contributed by atoms with Crippen molar-refractivity contribution in [2.45, 2.75) is 25.6 Å². The smallest absolute Gasteiger partial charge is 0.377 e. The quantitative estimate of drug-likeness (QED) is 0.746. The molecule has 110 valence electrons. The van der Waals surface area contributed by atoms with Crippen molar-refractivity contribution >= 4 is 17.3 Å². The van der Waals surface area contributed by atoms with Crippen LogP contribution in [0.1, 0.15) is 28.3 Å². The second kappa shape index (κ2) is 4.95. The van der Waals surface area contributed by atoms with Gasteiger partial charge in [0.2, 0.25) is 0 Å². The largest absolute Gasteiger partial charge is 0.416 e. The predicted octanol–water partition coefficient (Wildman–Crippen LogP) is 5.38. The number of aryl methyl sites for hydroxylation is 1. The van der Waals surface area contributed by atoms with Gasteiger partial charge in [-0.25, -0.2) is 0 Å². The monoisotopic (exact) mass is 311 g/mol. The molecule has 21 heavy (non-hydrogen) atoms. The van der Waals surface area contributed by atoms with Gasteiger partial charge in [0.25, 0.3) is 0 Å². The second-order valence-corrected chi connectivity index (χ2v) is 5.68. The average Bonchev–Trinajstić information content (AvgIpc) is 2.81. The van der Waals surface area contributed by atoms with Crippen molar-refractivity contribution in [1.82, 2.24) is 0 Å². The first-order valence-corrected chi connectivity index (χ1v) is 6.96. The lowest BCUT2D eigenvalue weighted by Crippen LogP contribution is -2.15. The zero-order valence-electron chi connectivity index (χ0n) is 11.3. The number of fused-ring (bicyclic) bond motifs is 1. The van der Waals surface area contributed by atoms with Crippen LogP contribution in [0.25, 0.3) is 0 Å². The summed E-state index contributed by atoms with van der Waals surface area (Å²) in [6.07, 6.45) is -3.84. The van der Waals surface area contributed by atoms with Crippen LogP contribution >= 0.6 is 11.6 Å². The van der Waals surface area contributed by atoms with Gasteiger partial charge in [0.15, 0.2) is 0 Å². The molecule has 0 bridgehead atoms. The Hall–Kier alpha value is -1.68. The van der Waals surface area contributed by atoms with E-state index in [1.54, 1.807) is 6.07 Å². The van der Waals surface area contributed by atoms with Gasteiger partial charge >= 0.3 is 6.18 Å². The lowest BCUT2D eigenvalue weighted by molar-refractivity contribution is -0.138. The molecule has 0 spiro atoms. The number of alkyl halides is 3. The fourth-order valence-corrected chi connectivity index (χ4v) is 3.17. The molecule has 1 N–H and O–H groups in total. The summed E-state index contributed by atoms with van der Waals surface area (Å²) < 4.78 is 39.4. The van der Waals surface area contributed by atoms with Crippen molar-refractivity contribution in [3.05, 3.63) is 63.7 Å². The van der Waals surface area contributed by atoms with Gasteiger partial charge in [-0.05, 0) is 48.2 Å².